The molecule has 122 valence electrons. The molecule has 22 heavy (non-hydrogen) atoms. The molecule has 1 aromatic rings. The molecule has 0 saturated heterocycles. The van der Waals surface area contributed by atoms with Crippen molar-refractivity contribution < 1.29 is 14.3 Å². The van der Waals surface area contributed by atoms with E-state index in [2.05, 4.69) is 17.6 Å². The zero-order valence-electron chi connectivity index (χ0n) is 13.5. The minimum absolute atomic E-state index is 0.0717. The standard InChI is InChI=1S/C17H26N2O3/c1-3-11-18-15-9-7-14(8-10-15)17(21)19-12-5-6-16(20)13-22-4-2/h7-10,18H,3-6,11-13H2,1-2H3,(H,19,21). The maximum Gasteiger partial charge on any atom is 0.251 e. The van der Waals surface area contributed by atoms with Crippen LogP contribution >= 0.6 is 0 Å². The first-order chi connectivity index (χ1) is 10.7. The maximum absolute atomic E-state index is 11.9. The number of ketones is 1. The first-order valence-corrected chi connectivity index (χ1v) is 7.89. The molecule has 2 N–H and O–H groups in total. The number of carbonyl (C=O) groups excluding carboxylic acids is 2. The summed E-state index contributed by atoms with van der Waals surface area (Å²) in [5.41, 5.74) is 1.64. The summed E-state index contributed by atoms with van der Waals surface area (Å²) in [6.07, 6.45) is 2.12. The Hall–Kier alpha value is -1.88. The molecular formula is C17H26N2O3. The van der Waals surface area contributed by atoms with Gasteiger partial charge in [-0.3, -0.25) is 9.59 Å². The van der Waals surface area contributed by atoms with Crippen LogP contribution in [0.15, 0.2) is 24.3 Å². The van der Waals surface area contributed by atoms with E-state index in [-0.39, 0.29) is 18.3 Å². The SMILES string of the molecule is CCCNc1ccc(C(=O)NCCCC(=O)COCC)cc1. The normalized spacial score (nSPS) is 10.3. The summed E-state index contributed by atoms with van der Waals surface area (Å²) < 4.78 is 5.04. The first-order valence-electron chi connectivity index (χ1n) is 7.89. The Kier molecular flexibility index (Phi) is 8.91. The highest BCUT2D eigenvalue weighted by molar-refractivity contribution is 5.94. The van der Waals surface area contributed by atoms with Crippen LogP contribution in [0.1, 0.15) is 43.5 Å². The molecular weight excluding hydrogens is 280 g/mol. The van der Waals surface area contributed by atoms with Crippen molar-refractivity contribution in [3.8, 4) is 0 Å². The summed E-state index contributed by atoms with van der Waals surface area (Å²) in [5.74, 6) is -0.0400. The number of ether oxygens (including phenoxy) is 1. The molecule has 1 aromatic carbocycles. The lowest BCUT2D eigenvalue weighted by atomic mass is 10.2. The van der Waals surface area contributed by atoms with Crippen LogP contribution in [0.2, 0.25) is 0 Å². The number of anilines is 1. The van der Waals surface area contributed by atoms with E-state index in [1.165, 1.54) is 0 Å². The quantitative estimate of drug-likeness (QED) is 0.617. The number of hydrogen-bond acceptors (Lipinski definition) is 4. The summed E-state index contributed by atoms with van der Waals surface area (Å²) in [6.45, 7) is 6.08. The second-order valence-corrected chi connectivity index (χ2v) is 5.04. The Balaban J connectivity index is 2.26. The predicted octanol–water partition coefficient (Wildman–Crippen LogP) is 2.62. The highest BCUT2D eigenvalue weighted by Crippen LogP contribution is 2.09. The number of Topliss-reactive ketones (excluding diaryl/α,β-unsaturated/α-hetero) is 1. The molecule has 1 rings (SSSR count). The lowest BCUT2D eigenvalue weighted by Gasteiger charge is -2.07. The second kappa shape index (κ2) is 10.8. The molecule has 0 spiro atoms. The Morgan fingerprint density at radius 1 is 1.09 bits per heavy atom. The number of benzene rings is 1. The third-order valence-corrected chi connectivity index (χ3v) is 3.11. The van der Waals surface area contributed by atoms with Crippen molar-refractivity contribution in [2.24, 2.45) is 0 Å². The highest BCUT2D eigenvalue weighted by Gasteiger charge is 2.06. The zero-order chi connectivity index (χ0) is 16.2. The molecule has 0 aliphatic carbocycles. The smallest absolute Gasteiger partial charge is 0.251 e. The van der Waals surface area contributed by atoms with Gasteiger partial charge >= 0.3 is 0 Å². The van der Waals surface area contributed by atoms with Gasteiger partial charge in [0.05, 0.1) is 0 Å². The minimum atomic E-state index is -0.112. The van der Waals surface area contributed by atoms with Gasteiger partial charge in [0.15, 0.2) is 5.78 Å². The van der Waals surface area contributed by atoms with E-state index in [1.807, 2.05) is 19.1 Å². The van der Waals surface area contributed by atoms with Gasteiger partial charge in [-0.2, -0.15) is 0 Å². The lowest BCUT2D eigenvalue weighted by Crippen LogP contribution is -2.25. The van der Waals surface area contributed by atoms with Gasteiger partial charge in [0.2, 0.25) is 0 Å². The predicted molar refractivity (Wildman–Crippen MR) is 88.3 cm³/mol. The van der Waals surface area contributed by atoms with Crippen LogP contribution in [0.25, 0.3) is 0 Å². The molecule has 5 nitrogen and oxygen atoms in total. The van der Waals surface area contributed by atoms with Gasteiger partial charge in [-0.05, 0) is 44.0 Å². The monoisotopic (exact) mass is 306 g/mol. The van der Waals surface area contributed by atoms with Crippen LogP contribution in [0.4, 0.5) is 5.69 Å². The van der Waals surface area contributed by atoms with Crippen LogP contribution in [0.3, 0.4) is 0 Å². The number of carbonyl (C=O) groups is 2. The summed E-state index contributed by atoms with van der Waals surface area (Å²) in [5, 5.41) is 6.08. The summed E-state index contributed by atoms with van der Waals surface area (Å²) >= 11 is 0. The zero-order valence-corrected chi connectivity index (χ0v) is 13.5. The van der Waals surface area contributed by atoms with E-state index in [1.54, 1.807) is 12.1 Å². The molecule has 5 heteroatoms. The van der Waals surface area contributed by atoms with Gasteiger partial charge in [0.25, 0.3) is 5.91 Å². The van der Waals surface area contributed by atoms with Gasteiger partial charge in [-0.15, -0.1) is 0 Å². The van der Waals surface area contributed by atoms with Gasteiger partial charge in [-0.25, -0.2) is 0 Å². The van der Waals surface area contributed by atoms with Gasteiger partial charge in [0.1, 0.15) is 6.61 Å². The fraction of sp³-hybridized carbons (Fsp3) is 0.529. The van der Waals surface area contributed by atoms with Crippen LogP contribution < -0.4 is 10.6 Å². The van der Waals surface area contributed by atoms with Gasteiger partial charge in [-0.1, -0.05) is 6.92 Å². The van der Waals surface area contributed by atoms with Crippen LogP contribution in [-0.4, -0.2) is 38.0 Å². The van der Waals surface area contributed by atoms with E-state index in [0.29, 0.717) is 31.6 Å². The maximum atomic E-state index is 11.9. The van der Waals surface area contributed by atoms with E-state index in [9.17, 15) is 9.59 Å². The molecule has 1 amide bonds. The number of rotatable bonds is 11. The Labute approximate surface area is 132 Å². The molecule has 0 fully saturated rings. The second-order valence-electron chi connectivity index (χ2n) is 5.04. The molecule has 0 aromatic heterocycles. The molecule has 0 aliphatic rings. The fourth-order valence-corrected chi connectivity index (χ4v) is 1.89. The van der Waals surface area contributed by atoms with Crippen molar-refractivity contribution in [2.75, 3.05) is 31.6 Å². The Morgan fingerprint density at radius 3 is 2.45 bits per heavy atom. The lowest BCUT2D eigenvalue weighted by molar-refractivity contribution is -0.123. The van der Waals surface area contributed by atoms with Gasteiger partial charge in [0, 0.05) is 37.4 Å². The number of amides is 1. The molecule has 0 heterocycles. The Bertz CT molecular complexity index is 457. The van der Waals surface area contributed by atoms with Crippen molar-refractivity contribution in [3.05, 3.63) is 29.8 Å². The minimum Gasteiger partial charge on any atom is -0.385 e. The third kappa shape index (κ3) is 7.22. The topological polar surface area (TPSA) is 67.4 Å². The highest BCUT2D eigenvalue weighted by atomic mass is 16.5. The van der Waals surface area contributed by atoms with Crippen LogP contribution in [0, 0.1) is 0 Å². The number of hydrogen-bond donors (Lipinski definition) is 2. The molecule has 0 aliphatic heterocycles. The van der Waals surface area contributed by atoms with Crippen LogP contribution in [0.5, 0.6) is 0 Å². The molecule has 0 saturated carbocycles. The van der Waals surface area contributed by atoms with Crippen molar-refractivity contribution in [2.45, 2.75) is 33.1 Å². The van der Waals surface area contributed by atoms with E-state index in [4.69, 9.17) is 4.74 Å². The molecule has 0 radical (unpaired) electrons. The summed E-state index contributed by atoms with van der Waals surface area (Å²) in [7, 11) is 0. The molecule has 0 bridgehead atoms. The van der Waals surface area contributed by atoms with Crippen molar-refractivity contribution in [1.29, 1.82) is 0 Å². The molecule has 0 atom stereocenters. The average Bonchev–Trinajstić information content (AvgIpc) is 2.55. The largest absolute Gasteiger partial charge is 0.385 e. The van der Waals surface area contributed by atoms with E-state index >= 15 is 0 Å². The summed E-state index contributed by atoms with van der Waals surface area (Å²) in [6, 6.07) is 7.40. The summed E-state index contributed by atoms with van der Waals surface area (Å²) in [4.78, 5) is 23.3. The molecule has 0 unspecified atom stereocenters. The van der Waals surface area contributed by atoms with E-state index < -0.39 is 0 Å². The first kappa shape index (κ1) is 18.2. The van der Waals surface area contributed by atoms with Crippen molar-refractivity contribution in [3.63, 3.8) is 0 Å². The fourth-order valence-electron chi connectivity index (χ4n) is 1.89. The Morgan fingerprint density at radius 2 is 1.82 bits per heavy atom. The third-order valence-electron chi connectivity index (χ3n) is 3.11. The van der Waals surface area contributed by atoms with Crippen molar-refractivity contribution >= 4 is 17.4 Å². The van der Waals surface area contributed by atoms with E-state index in [0.717, 1.165) is 18.7 Å². The number of nitrogens with one attached hydrogen (secondary N) is 2. The van der Waals surface area contributed by atoms with Crippen molar-refractivity contribution in [1.82, 2.24) is 5.32 Å². The van der Waals surface area contributed by atoms with Gasteiger partial charge < -0.3 is 15.4 Å². The average molecular weight is 306 g/mol. The van der Waals surface area contributed by atoms with Crippen LogP contribution in [-0.2, 0) is 9.53 Å².